The minimum absolute atomic E-state index is 0.286. The number of carbonyl (C=O) groups excluding carboxylic acids is 2. The van der Waals surface area contributed by atoms with Crippen molar-refractivity contribution in [3.8, 4) is 17.6 Å². The molecular weight excluding hydrogens is 366 g/mol. The minimum Gasteiger partial charge on any atom is -0.497 e. The molecule has 2 aromatic carbocycles. The van der Waals surface area contributed by atoms with Gasteiger partial charge in [0.05, 0.1) is 18.2 Å². The maximum Gasteiger partial charge on any atom is 0.421 e. The van der Waals surface area contributed by atoms with Gasteiger partial charge < -0.3 is 9.47 Å². The van der Waals surface area contributed by atoms with Crippen molar-refractivity contribution in [2.75, 3.05) is 12.0 Å². The van der Waals surface area contributed by atoms with Crippen LogP contribution in [-0.2, 0) is 14.9 Å². The van der Waals surface area contributed by atoms with E-state index < -0.39 is 17.1 Å². The van der Waals surface area contributed by atoms with E-state index in [1.807, 2.05) is 43.3 Å². The second-order valence-electron chi connectivity index (χ2n) is 8.18. The molecule has 0 spiro atoms. The molecule has 0 saturated heterocycles. The van der Waals surface area contributed by atoms with Gasteiger partial charge in [-0.05, 0) is 63.6 Å². The summed E-state index contributed by atoms with van der Waals surface area (Å²) >= 11 is 0. The molecule has 150 valence electrons. The van der Waals surface area contributed by atoms with Crippen LogP contribution in [0.25, 0.3) is 0 Å². The lowest BCUT2D eigenvalue weighted by Crippen LogP contribution is -2.44. The lowest BCUT2D eigenvalue weighted by molar-refractivity contribution is -0.122. The van der Waals surface area contributed by atoms with Crippen molar-refractivity contribution < 1.29 is 19.1 Å². The summed E-state index contributed by atoms with van der Waals surface area (Å²) in [5, 5.41) is 0. The molecule has 0 bridgehead atoms. The van der Waals surface area contributed by atoms with Crippen LogP contribution in [0.15, 0.2) is 48.5 Å². The number of ether oxygens (including phenoxy) is 2. The largest absolute Gasteiger partial charge is 0.497 e. The van der Waals surface area contributed by atoms with Crippen LogP contribution < -0.4 is 9.64 Å². The zero-order chi connectivity index (χ0) is 21.2. The molecule has 1 aliphatic heterocycles. The topological polar surface area (TPSA) is 55.8 Å². The van der Waals surface area contributed by atoms with Gasteiger partial charge in [0.1, 0.15) is 11.4 Å². The van der Waals surface area contributed by atoms with E-state index in [9.17, 15) is 9.59 Å². The van der Waals surface area contributed by atoms with Crippen LogP contribution >= 0.6 is 0 Å². The van der Waals surface area contributed by atoms with Gasteiger partial charge in [-0.15, -0.1) is 0 Å². The number of nitrogens with zero attached hydrogens (tertiary/aromatic N) is 1. The van der Waals surface area contributed by atoms with Crippen molar-refractivity contribution in [3.05, 3.63) is 59.7 Å². The molecule has 5 heteroatoms. The predicted octanol–water partition coefficient (Wildman–Crippen LogP) is 4.68. The van der Waals surface area contributed by atoms with Crippen LogP contribution in [0, 0.1) is 11.8 Å². The van der Waals surface area contributed by atoms with E-state index in [2.05, 4.69) is 11.8 Å². The molecule has 0 fully saturated rings. The van der Waals surface area contributed by atoms with Gasteiger partial charge in [-0.1, -0.05) is 30.0 Å². The fraction of sp³-hybridized carbons (Fsp3) is 0.333. The van der Waals surface area contributed by atoms with E-state index in [4.69, 9.17) is 9.47 Å². The Kier molecular flexibility index (Phi) is 5.39. The van der Waals surface area contributed by atoms with Crippen molar-refractivity contribution in [1.82, 2.24) is 0 Å². The average Bonchev–Trinajstić information content (AvgIpc) is 2.89. The number of imide groups is 1. The molecule has 1 heterocycles. The average molecular weight is 391 g/mol. The van der Waals surface area contributed by atoms with Crippen molar-refractivity contribution in [2.24, 2.45) is 0 Å². The molecule has 2 amide bonds. The summed E-state index contributed by atoms with van der Waals surface area (Å²) in [6, 6.07) is 14.7. The van der Waals surface area contributed by atoms with Gasteiger partial charge in [0.2, 0.25) is 5.91 Å². The Morgan fingerprint density at radius 3 is 2.38 bits per heavy atom. The summed E-state index contributed by atoms with van der Waals surface area (Å²) in [4.78, 5) is 27.1. The summed E-state index contributed by atoms with van der Waals surface area (Å²) < 4.78 is 10.6. The van der Waals surface area contributed by atoms with Crippen molar-refractivity contribution in [1.29, 1.82) is 0 Å². The quantitative estimate of drug-likeness (QED) is 0.698. The minimum atomic E-state index is -0.924. The zero-order valence-electron chi connectivity index (χ0n) is 17.4. The van der Waals surface area contributed by atoms with Crippen LogP contribution in [0.1, 0.15) is 45.2 Å². The van der Waals surface area contributed by atoms with Gasteiger partial charge >= 0.3 is 6.09 Å². The lowest BCUT2D eigenvalue weighted by Gasteiger charge is -2.25. The molecule has 0 aromatic heterocycles. The number of methoxy groups -OCH3 is 1. The van der Waals surface area contributed by atoms with Gasteiger partial charge in [0.15, 0.2) is 0 Å². The van der Waals surface area contributed by atoms with Crippen molar-refractivity contribution in [3.63, 3.8) is 0 Å². The standard InChI is InChI=1S/C24H25NO4/c1-23(2,3)29-22(27)25-20-11-7-6-10-19(20)24(4,21(25)26)16-8-9-17-12-14-18(28-5)15-13-17/h6-7,10-15H,16H2,1-5H3/t24-/m0/s1. The summed E-state index contributed by atoms with van der Waals surface area (Å²) in [5.41, 5.74) is 0.546. The Morgan fingerprint density at radius 1 is 1.10 bits per heavy atom. The van der Waals surface area contributed by atoms with Crippen LogP contribution in [0.3, 0.4) is 0 Å². The SMILES string of the molecule is COc1ccc(C#CC[C@]2(C)C(=O)N(C(=O)OC(C)(C)C)c3ccccc32)cc1. The third-order valence-corrected chi connectivity index (χ3v) is 4.76. The first-order valence-electron chi connectivity index (χ1n) is 9.46. The zero-order valence-corrected chi connectivity index (χ0v) is 17.4. The third kappa shape index (κ3) is 4.12. The highest BCUT2D eigenvalue weighted by atomic mass is 16.6. The fourth-order valence-corrected chi connectivity index (χ4v) is 3.26. The van der Waals surface area contributed by atoms with Gasteiger partial charge in [-0.3, -0.25) is 4.79 Å². The summed E-state index contributed by atoms with van der Waals surface area (Å²) in [6.45, 7) is 7.14. The molecule has 1 atom stereocenters. The van der Waals surface area contributed by atoms with Gasteiger partial charge in [0.25, 0.3) is 0 Å². The van der Waals surface area contributed by atoms with E-state index in [-0.39, 0.29) is 12.3 Å². The molecule has 3 rings (SSSR count). The number of fused-ring (bicyclic) bond motifs is 1. The summed E-state index contributed by atoms with van der Waals surface area (Å²) in [7, 11) is 1.61. The van der Waals surface area contributed by atoms with Crippen LogP contribution in [0.4, 0.5) is 10.5 Å². The molecule has 1 aliphatic rings. The number of hydrogen-bond donors (Lipinski definition) is 0. The maximum absolute atomic E-state index is 13.3. The van der Waals surface area contributed by atoms with Crippen molar-refractivity contribution >= 4 is 17.7 Å². The number of para-hydroxylation sites is 1. The first-order chi connectivity index (χ1) is 13.7. The number of hydrogen-bond acceptors (Lipinski definition) is 4. The molecule has 0 N–H and O–H groups in total. The number of amides is 2. The summed E-state index contributed by atoms with van der Waals surface area (Å²) in [5.74, 6) is 6.64. The van der Waals surface area contributed by atoms with Crippen LogP contribution in [0.2, 0.25) is 0 Å². The van der Waals surface area contributed by atoms with Gasteiger partial charge in [-0.2, -0.15) is 0 Å². The predicted molar refractivity (Wildman–Crippen MR) is 112 cm³/mol. The lowest BCUT2D eigenvalue weighted by atomic mass is 9.81. The monoisotopic (exact) mass is 391 g/mol. The normalized spacial score (nSPS) is 18.0. The van der Waals surface area contributed by atoms with Crippen LogP contribution in [0.5, 0.6) is 5.75 Å². The Hall–Kier alpha value is -3.26. The van der Waals surface area contributed by atoms with E-state index >= 15 is 0 Å². The second kappa shape index (κ2) is 7.63. The molecule has 0 unspecified atom stereocenters. The molecular formula is C24H25NO4. The maximum atomic E-state index is 13.3. The highest BCUT2D eigenvalue weighted by Crippen LogP contribution is 2.44. The highest BCUT2D eigenvalue weighted by molar-refractivity contribution is 6.21. The number of benzene rings is 2. The van der Waals surface area contributed by atoms with E-state index in [0.717, 1.165) is 21.8 Å². The molecule has 0 saturated carbocycles. The van der Waals surface area contributed by atoms with Gasteiger partial charge in [0, 0.05) is 12.0 Å². The molecule has 5 nitrogen and oxygen atoms in total. The number of rotatable bonds is 2. The first kappa shape index (κ1) is 20.5. The van der Waals surface area contributed by atoms with Gasteiger partial charge in [-0.25, -0.2) is 9.69 Å². The Balaban J connectivity index is 1.89. The molecule has 29 heavy (non-hydrogen) atoms. The smallest absolute Gasteiger partial charge is 0.421 e. The Bertz CT molecular complexity index is 992. The third-order valence-electron chi connectivity index (χ3n) is 4.76. The van der Waals surface area contributed by atoms with E-state index in [0.29, 0.717) is 5.69 Å². The second-order valence-corrected chi connectivity index (χ2v) is 8.18. The Morgan fingerprint density at radius 2 is 1.76 bits per heavy atom. The number of carbonyl (C=O) groups is 2. The fourth-order valence-electron chi connectivity index (χ4n) is 3.26. The summed E-state index contributed by atoms with van der Waals surface area (Å²) in [6.07, 6.45) is -0.379. The molecule has 0 radical (unpaired) electrons. The molecule has 0 aliphatic carbocycles. The number of anilines is 1. The van der Waals surface area contributed by atoms with Crippen molar-refractivity contribution in [2.45, 2.75) is 45.1 Å². The van der Waals surface area contributed by atoms with E-state index in [1.54, 1.807) is 40.0 Å². The van der Waals surface area contributed by atoms with Crippen LogP contribution in [-0.4, -0.2) is 24.7 Å². The highest BCUT2D eigenvalue weighted by Gasteiger charge is 2.50. The van der Waals surface area contributed by atoms with E-state index in [1.165, 1.54) is 0 Å². The Labute approximate surface area is 171 Å². The molecule has 2 aromatic rings. The first-order valence-corrected chi connectivity index (χ1v) is 9.46.